The van der Waals surface area contributed by atoms with Crippen molar-refractivity contribution in [1.82, 2.24) is 19.8 Å². The molecule has 0 unspecified atom stereocenters. The van der Waals surface area contributed by atoms with Gasteiger partial charge in [-0.2, -0.15) is 22.6 Å². The number of rotatable bonds is 6. The van der Waals surface area contributed by atoms with Crippen molar-refractivity contribution in [1.29, 1.82) is 0 Å². The Morgan fingerprint density at radius 3 is 2.43 bits per heavy atom. The summed E-state index contributed by atoms with van der Waals surface area (Å²) in [6.45, 7) is 3.79. The van der Waals surface area contributed by atoms with Crippen LogP contribution in [0.15, 0.2) is 4.90 Å². The quantitative estimate of drug-likeness (QED) is 0.827. The lowest BCUT2D eigenvalue weighted by atomic mass is 10.3. The fourth-order valence-corrected chi connectivity index (χ4v) is 3.20. The first-order valence-corrected chi connectivity index (χ1v) is 7.69. The van der Waals surface area contributed by atoms with Crippen LogP contribution >= 0.6 is 0 Å². The van der Waals surface area contributed by atoms with Crippen molar-refractivity contribution >= 4 is 10.0 Å². The summed E-state index contributed by atoms with van der Waals surface area (Å²) in [5.74, 6) is 0. The summed E-state index contributed by atoms with van der Waals surface area (Å²) in [6.07, 6.45) is -4.60. The van der Waals surface area contributed by atoms with E-state index in [1.54, 1.807) is 0 Å². The number of halogens is 3. The van der Waals surface area contributed by atoms with Crippen LogP contribution in [0.2, 0.25) is 0 Å². The molecule has 0 fully saturated rings. The van der Waals surface area contributed by atoms with Gasteiger partial charge in [0.1, 0.15) is 11.4 Å². The van der Waals surface area contributed by atoms with Crippen molar-refractivity contribution in [3.8, 4) is 0 Å². The monoisotopic (exact) mass is 328 g/mol. The highest BCUT2D eigenvalue weighted by Gasteiger charge is 2.37. The zero-order valence-electron chi connectivity index (χ0n) is 12.2. The number of hydrogen-bond acceptors (Lipinski definition) is 4. The van der Waals surface area contributed by atoms with Crippen molar-refractivity contribution in [2.24, 2.45) is 0 Å². The molecule has 0 aliphatic carbocycles. The average molecular weight is 328 g/mol. The maximum absolute atomic E-state index is 12.4. The molecule has 6 nitrogen and oxygen atoms in total. The molecular weight excluding hydrogens is 309 g/mol. The van der Waals surface area contributed by atoms with E-state index >= 15 is 0 Å². The maximum atomic E-state index is 12.4. The van der Waals surface area contributed by atoms with E-state index in [9.17, 15) is 21.6 Å². The Balaban J connectivity index is 3.10. The zero-order valence-corrected chi connectivity index (χ0v) is 13.1. The number of sulfonamides is 1. The van der Waals surface area contributed by atoms with Crippen molar-refractivity contribution in [3.05, 3.63) is 11.4 Å². The Kier molecular flexibility index (Phi) is 5.40. The highest BCUT2D eigenvalue weighted by Crippen LogP contribution is 2.24. The van der Waals surface area contributed by atoms with Crippen molar-refractivity contribution < 1.29 is 21.6 Å². The fraction of sp³-hybridized carbons (Fsp3) is 0.727. The predicted octanol–water partition coefficient (Wildman–Crippen LogP) is 1.40. The van der Waals surface area contributed by atoms with Crippen LogP contribution in [0, 0.1) is 6.92 Å². The van der Waals surface area contributed by atoms with Crippen molar-refractivity contribution in [3.63, 3.8) is 0 Å². The number of hydrogen-bond donors (Lipinski definition) is 2. The van der Waals surface area contributed by atoms with E-state index in [0.29, 0.717) is 0 Å². The van der Waals surface area contributed by atoms with Gasteiger partial charge in [0.25, 0.3) is 0 Å². The van der Waals surface area contributed by atoms with E-state index in [1.165, 1.54) is 6.92 Å². The molecule has 0 aliphatic rings. The number of nitrogens with one attached hydrogen (secondary N) is 2. The van der Waals surface area contributed by atoms with Gasteiger partial charge in [0.05, 0.1) is 11.4 Å². The van der Waals surface area contributed by atoms with E-state index in [2.05, 4.69) is 15.5 Å². The van der Waals surface area contributed by atoms with Gasteiger partial charge in [-0.3, -0.25) is 5.10 Å². The normalized spacial score (nSPS) is 13.4. The molecule has 1 aromatic rings. The largest absolute Gasteiger partial charge is 0.402 e. The van der Waals surface area contributed by atoms with E-state index in [1.807, 2.05) is 13.8 Å². The average Bonchev–Trinajstić information content (AvgIpc) is 2.66. The third kappa shape index (κ3) is 4.68. The second-order valence-electron chi connectivity index (χ2n) is 5.04. The first-order valence-electron chi connectivity index (χ1n) is 6.25. The second-order valence-corrected chi connectivity index (χ2v) is 7.02. The molecule has 1 aromatic heterocycles. The third-order valence-corrected chi connectivity index (χ3v) is 4.72. The second kappa shape index (κ2) is 6.32. The lowest BCUT2D eigenvalue weighted by Gasteiger charge is -2.19. The Labute approximate surface area is 121 Å². The summed E-state index contributed by atoms with van der Waals surface area (Å²) in [6, 6.07) is 0.0884. The van der Waals surface area contributed by atoms with Crippen LogP contribution < -0.4 is 5.32 Å². The SMILES string of the molecule is Cc1[nH]nc(CNC(C)C)c1S(=O)(=O)N(C)CC(F)(F)F. The lowest BCUT2D eigenvalue weighted by molar-refractivity contribution is -0.134. The van der Waals surface area contributed by atoms with Gasteiger partial charge in [-0.15, -0.1) is 0 Å². The Morgan fingerprint density at radius 2 is 1.95 bits per heavy atom. The Morgan fingerprint density at radius 1 is 1.38 bits per heavy atom. The molecule has 1 heterocycles. The molecule has 0 amide bonds. The summed E-state index contributed by atoms with van der Waals surface area (Å²) in [4.78, 5) is -0.206. The topological polar surface area (TPSA) is 78.1 Å². The van der Waals surface area contributed by atoms with Crippen LogP contribution in [-0.4, -0.2) is 48.7 Å². The minimum atomic E-state index is -4.60. The predicted molar refractivity (Wildman–Crippen MR) is 71.2 cm³/mol. The van der Waals surface area contributed by atoms with E-state index in [0.717, 1.165) is 7.05 Å². The number of aromatic nitrogens is 2. The molecule has 0 saturated carbocycles. The van der Waals surface area contributed by atoms with Crippen molar-refractivity contribution in [2.45, 2.75) is 44.4 Å². The molecule has 2 N–H and O–H groups in total. The van der Waals surface area contributed by atoms with Crippen LogP contribution in [-0.2, 0) is 16.6 Å². The number of nitrogens with zero attached hydrogens (tertiary/aromatic N) is 2. The van der Waals surface area contributed by atoms with Gasteiger partial charge in [0.15, 0.2) is 0 Å². The van der Waals surface area contributed by atoms with Gasteiger partial charge in [-0.25, -0.2) is 8.42 Å². The van der Waals surface area contributed by atoms with E-state index in [-0.39, 0.29) is 33.2 Å². The molecule has 10 heteroatoms. The molecule has 21 heavy (non-hydrogen) atoms. The Hall–Kier alpha value is -1.13. The standard InChI is InChI=1S/C11H19F3N4O2S/c1-7(2)15-5-9-10(8(3)16-17-9)21(19,20)18(4)6-11(12,13)14/h7,15H,5-6H2,1-4H3,(H,16,17). The number of aromatic amines is 1. The van der Waals surface area contributed by atoms with Gasteiger partial charge < -0.3 is 5.32 Å². The molecule has 0 spiro atoms. The van der Waals surface area contributed by atoms with Crippen LogP contribution in [0.5, 0.6) is 0 Å². The first kappa shape index (κ1) is 17.9. The van der Waals surface area contributed by atoms with Gasteiger partial charge in [0, 0.05) is 19.6 Å². The smallest absolute Gasteiger partial charge is 0.309 e. The number of alkyl halides is 3. The highest BCUT2D eigenvalue weighted by molar-refractivity contribution is 7.89. The molecule has 122 valence electrons. The molecule has 0 atom stereocenters. The molecule has 0 bridgehead atoms. The molecule has 0 radical (unpaired) electrons. The fourth-order valence-electron chi connectivity index (χ4n) is 1.73. The summed E-state index contributed by atoms with van der Waals surface area (Å²) in [5.41, 5.74) is 0.389. The third-order valence-electron chi connectivity index (χ3n) is 2.71. The van der Waals surface area contributed by atoms with Gasteiger partial charge in [-0.1, -0.05) is 13.8 Å². The van der Waals surface area contributed by atoms with Crippen molar-refractivity contribution in [2.75, 3.05) is 13.6 Å². The summed E-state index contributed by atoms with van der Waals surface area (Å²) in [7, 11) is -3.36. The minimum Gasteiger partial charge on any atom is -0.309 e. The van der Waals surface area contributed by atoms with Crippen LogP contribution in [0.25, 0.3) is 0 Å². The Bertz CT molecular complexity index is 581. The van der Waals surface area contributed by atoms with Crippen LogP contribution in [0.1, 0.15) is 25.2 Å². The molecule has 0 aromatic carbocycles. The van der Waals surface area contributed by atoms with Gasteiger partial charge in [0.2, 0.25) is 10.0 Å². The molecule has 1 rings (SSSR count). The summed E-state index contributed by atoms with van der Waals surface area (Å²) < 4.78 is 62.0. The maximum Gasteiger partial charge on any atom is 0.402 e. The minimum absolute atomic E-state index is 0.0884. The summed E-state index contributed by atoms with van der Waals surface area (Å²) in [5, 5.41) is 9.35. The highest BCUT2D eigenvalue weighted by atomic mass is 32.2. The zero-order chi connectivity index (χ0) is 16.4. The van der Waals surface area contributed by atoms with Gasteiger partial charge in [-0.05, 0) is 6.92 Å². The van der Waals surface area contributed by atoms with Crippen LogP contribution in [0.3, 0.4) is 0 Å². The van der Waals surface area contributed by atoms with E-state index in [4.69, 9.17) is 0 Å². The van der Waals surface area contributed by atoms with Crippen LogP contribution in [0.4, 0.5) is 13.2 Å². The number of H-pyrrole nitrogens is 1. The molecule has 0 saturated heterocycles. The molecule has 0 aliphatic heterocycles. The summed E-state index contributed by atoms with van der Waals surface area (Å²) >= 11 is 0. The van der Waals surface area contributed by atoms with E-state index < -0.39 is 22.7 Å². The molecular formula is C11H19F3N4O2S. The lowest BCUT2D eigenvalue weighted by Crippen LogP contribution is -2.36. The number of aryl methyl sites for hydroxylation is 1. The van der Waals surface area contributed by atoms with Gasteiger partial charge >= 0.3 is 6.18 Å². The first-order chi connectivity index (χ1) is 9.45.